The Morgan fingerprint density at radius 1 is 1.02 bits per heavy atom. The Bertz CT molecular complexity index is 1740. The lowest BCUT2D eigenvalue weighted by atomic mass is 9.99. The fourth-order valence-corrected chi connectivity index (χ4v) is 5.20. The number of benzene rings is 3. The van der Waals surface area contributed by atoms with Gasteiger partial charge in [-0.25, -0.2) is 14.8 Å². The van der Waals surface area contributed by atoms with E-state index in [4.69, 9.17) is 9.73 Å². The van der Waals surface area contributed by atoms with E-state index < -0.39 is 5.97 Å². The van der Waals surface area contributed by atoms with Crippen LogP contribution in [0, 0.1) is 0 Å². The Labute approximate surface area is 235 Å². The number of methoxy groups -OCH3 is 1. The lowest BCUT2D eigenvalue weighted by molar-refractivity contribution is -0.116. The van der Waals surface area contributed by atoms with Gasteiger partial charge in [0.1, 0.15) is 0 Å². The van der Waals surface area contributed by atoms with Crippen molar-refractivity contribution in [1.82, 2.24) is 14.9 Å². The van der Waals surface area contributed by atoms with Gasteiger partial charge in [0.25, 0.3) is 0 Å². The number of likely N-dealkylation sites (N-methyl/N-ethyl adjacent to an activating group) is 1. The number of rotatable bonds is 8. The SMILES string of the molecule is COC(=O)c1ccc2c(C(=Nc3ccc(N(CCN(C)C)C(C)=O)cc3)c3ccc4scnc4c3)c(O)[nH]c2c1. The molecule has 9 nitrogen and oxygen atoms in total. The first-order valence-electron chi connectivity index (χ1n) is 12.6. The van der Waals surface area contributed by atoms with Crippen LogP contribution >= 0.6 is 11.3 Å². The molecule has 10 heteroatoms. The number of aliphatic imine (C=N–C) groups is 1. The van der Waals surface area contributed by atoms with E-state index >= 15 is 0 Å². The molecule has 2 N–H and O–H groups in total. The van der Waals surface area contributed by atoms with E-state index in [1.54, 1.807) is 46.9 Å². The molecule has 5 aromatic rings. The van der Waals surface area contributed by atoms with Gasteiger partial charge in [0.05, 0.1) is 45.4 Å². The van der Waals surface area contributed by atoms with Crippen molar-refractivity contribution in [3.63, 3.8) is 0 Å². The number of carbonyl (C=O) groups excluding carboxylic acids is 2. The van der Waals surface area contributed by atoms with Gasteiger partial charge < -0.3 is 24.6 Å². The zero-order valence-electron chi connectivity index (χ0n) is 22.6. The van der Waals surface area contributed by atoms with Crippen LogP contribution in [-0.2, 0) is 9.53 Å². The predicted octanol–water partition coefficient (Wildman–Crippen LogP) is 5.35. The van der Waals surface area contributed by atoms with Crippen molar-refractivity contribution in [2.24, 2.45) is 4.99 Å². The summed E-state index contributed by atoms with van der Waals surface area (Å²) in [6.45, 7) is 2.86. The van der Waals surface area contributed by atoms with Gasteiger partial charge >= 0.3 is 5.97 Å². The van der Waals surface area contributed by atoms with Gasteiger partial charge in [-0.1, -0.05) is 12.1 Å². The highest BCUT2D eigenvalue weighted by Crippen LogP contribution is 2.33. The van der Waals surface area contributed by atoms with Crippen LogP contribution in [0.2, 0.25) is 0 Å². The van der Waals surface area contributed by atoms with E-state index in [0.29, 0.717) is 40.0 Å². The molecule has 0 aliphatic carbocycles. The number of carbonyl (C=O) groups is 2. The molecule has 0 radical (unpaired) electrons. The van der Waals surface area contributed by atoms with E-state index in [-0.39, 0.29) is 11.8 Å². The number of anilines is 1. The third-order valence-corrected chi connectivity index (χ3v) is 7.40. The molecular weight excluding hydrogens is 526 g/mol. The molecule has 40 heavy (non-hydrogen) atoms. The second-order valence-corrected chi connectivity index (χ2v) is 10.5. The first-order valence-corrected chi connectivity index (χ1v) is 13.5. The molecule has 1 amide bonds. The highest BCUT2D eigenvalue weighted by Gasteiger charge is 2.21. The van der Waals surface area contributed by atoms with Gasteiger partial charge in [-0.2, -0.15) is 0 Å². The van der Waals surface area contributed by atoms with E-state index in [1.165, 1.54) is 7.11 Å². The number of esters is 1. The van der Waals surface area contributed by atoms with Crippen LogP contribution < -0.4 is 4.90 Å². The third-order valence-electron chi connectivity index (χ3n) is 6.59. The Morgan fingerprint density at radius 2 is 1.77 bits per heavy atom. The van der Waals surface area contributed by atoms with Crippen molar-refractivity contribution < 1.29 is 19.4 Å². The average Bonchev–Trinajstić information content (AvgIpc) is 3.54. The molecule has 2 heterocycles. The summed E-state index contributed by atoms with van der Waals surface area (Å²) in [5.41, 5.74) is 6.80. The topological polar surface area (TPSA) is 111 Å². The second kappa shape index (κ2) is 11.3. The van der Waals surface area contributed by atoms with Crippen molar-refractivity contribution in [3.8, 4) is 5.88 Å². The molecule has 0 atom stereocenters. The maximum Gasteiger partial charge on any atom is 0.337 e. The highest BCUT2D eigenvalue weighted by atomic mass is 32.1. The van der Waals surface area contributed by atoms with E-state index in [0.717, 1.165) is 28.0 Å². The smallest absolute Gasteiger partial charge is 0.337 e. The number of nitrogens with one attached hydrogen (secondary N) is 1. The summed E-state index contributed by atoms with van der Waals surface area (Å²) in [5.74, 6) is -0.576. The average molecular weight is 556 g/mol. The van der Waals surface area contributed by atoms with Gasteiger partial charge in [0.2, 0.25) is 5.91 Å². The minimum Gasteiger partial charge on any atom is -0.494 e. The lowest BCUT2D eigenvalue weighted by Crippen LogP contribution is -2.35. The quantitative estimate of drug-likeness (QED) is 0.197. The van der Waals surface area contributed by atoms with Crippen molar-refractivity contribution in [1.29, 1.82) is 0 Å². The number of ether oxygens (including phenoxy) is 1. The predicted molar refractivity (Wildman–Crippen MR) is 159 cm³/mol. The number of amides is 1. The molecule has 204 valence electrons. The second-order valence-electron chi connectivity index (χ2n) is 9.59. The highest BCUT2D eigenvalue weighted by molar-refractivity contribution is 7.16. The van der Waals surface area contributed by atoms with Crippen LogP contribution in [0.15, 0.2) is 71.2 Å². The number of thiazole rings is 1. The van der Waals surface area contributed by atoms with Crippen LogP contribution in [0.4, 0.5) is 11.4 Å². The molecule has 5 rings (SSSR count). The minimum absolute atomic E-state index is 0.0367. The Morgan fingerprint density at radius 3 is 2.48 bits per heavy atom. The number of aromatic nitrogens is 2. The van der Waals surface area contributed by atoms with Crippen molar-refractivity contribution >= 4 is 61.4 Å². The summed E-state index contributed by atoms with van der Waals surface area (Å²) in [6, 6.07) is 18.4. The normalized spacial score (nSPS) is 11.9. The molecule has 0 fully saturated rings. The molecule has 3 aromatic carbocycles. The standard InChI is InChI=1S/C30H29N5O4S/c1-18(36)35(14-13-34(2)3)22-9-7-21(8-10-22)32-28(19-6-12-26-25(15-19)31-17-40-26)27-23-11-5-20(30(38)39-4)16-24(23)33-29(27)37/h5-12,15-17,33,37H,13-14H2,1-4H3. The summed E-state index contributed by atoms with van der Waals surface area (Å²) >= 11 is 1.55. The van der Waals surface area contributed by atoms with Crippen LogP contribution in [-0.4, -0.2) is 71.9 Å². The minimum atomic E-state index is -0.467. The molecule has 0 saturated carbocycles. The van der Waals surface area contributed by atoms with Crippen LogP contribution in [0.5, 0.6) is 5.88 Å². The maximum absolute atomic E-state index is 12.3. The number of H-pyrrole nitrogens is 1. The van der Waals surface area contributed by atoms with E-state index in [1.807, 2.05) is 61.5 Å². The molecule has 0 bridgehead atoms. The van der Waals surface area contributed by atoms with Crippen molar-refractivity contribution in [3.05, 3.63) is 82.9 Å². The molecule has 0 spiro atoms. The number of fused-ring (bicyclic) bond motifs is 2. The summed E-state index contributed by atoms with van der Waals surface area (Å²) in [7, 11) is 5.26. The number of aromatic hydroxyl groups is 1. The van der Waals surface area contributed by atoms with Gasteiger partial charge in [-0.05, 0) is 62.6 Å². The van der Waals surface area contributed by atoms with E-state index in [9.17, 15) is 14.7 Å². The summed E-state index contributed by atoms with van der Waals surface area (Å²) in [6.07, 6.45) is 0. The zero-order valence-corrected chi connectivity index (χ0v) is 23.5. The summed E-state index contributed by atoms with van der Waals surface area (Å²) in [4.78, 5) is 40.6. The van der Waals surface area contributed by atoms with Gasteiger partial charge in [0, 0.05) is 42.2 Å². The Hall–Kier alpha value is -4.54. The Kier molecular flexibility index (Phi) is 7.63. The molecule has 0 saturated heterocycles. The Balaban J connectivity index is 1.62. The lowest BCUT2D eigenvalue weighted by Gasteiger charge is -2.23. The third kappa shape index (κ3) is 5.45. The summed E-state index contributed by atoms with van der Waals surface area (Å²) < 4.78 is 5.89. The van der Waals surface area contributed by atoms with Crippen LogP contribution in [0.25, 0.3) is 21.1 Å². The number of nitrogens with zero attached hydrogens (tertiary/aromatic N) is 4. The zero-order chi connectivity index (χ0) is 28.4. The van der Waals surface area contributed by atoms with Crippen molar-refractivity contribution in [2.45, 2.75) is 6.92 Å². The fraction of sp³-hybridized carbons (Fsp3) is 0.200. The number of hydrogen-bond donors (Lipinski definition) is 2. The van der Waals surface area contributed by atoms with Crippen molar-refractivity contribution in [2.75, 3.05) is 39.2 Å². The summed E-state index contributed by atoms with van der Waals surface area (Å²) in [5, 5.41) is 11.8. The van der Waals surface area contributed by atoms with Gasteiger partial charge in [-0.15, -0.1) is 11.3 Å². The monoisotopic (exact) mass is 555 g/mol. The molecular formula is C30H29N5O4S. The fourth-order valence-electron chi connectivity index (χ4n) is 4.54. The first-order chi connectivity index (χ1) is 19.2. The number of hydrogen-bond acceptors (Lipinski definition) is 8. The van der Waals surface area contributed by atoms with Gasteiger partial charge in [0.15, 0.2) is 5.88 Å². The number of aromatic amines is 1. The van der Waals surface area contributed by atoms with Gasteiger partial charge in [-0.3, -0.25) is 4.79 Å². The van der Waals surface area contributed by atoms with Crippen LogP contribution in [0.1, 0.15) is 28.4 Å². The molecule has 2 aromatic heterocycles. The van der Waals surface area contributed by atoms with Crippen LogP contribution in [0.3, 0.4) is 0 Å². The maximum atomic E-state index is 12.3. The molecule has 0 aliphatic rings. The first kappa shape index (κ1) is 27.0. The van der Waals surface area contributed by atoms with E-state index in [2.05, 4.69) is 9.97 Å². The largest absolute Gasteiger partial charge is 0.494 e. The molecule has 0 aliphatic heterocycles. The molecule has 0 unspecified atom stereocenters.